The van der Waals surface area contributed by atoms with Gasteiger partial charge in [0.05, 0.1) is 6.10 Å². The number of rotatable bonds is 2. The molecule has 13 heavy (non-hydrogen) atoms. The van der Waals surface area contributed by atoms with Gasteiger partial charge < -0.3 is 10.8 Å². The molecule has 0 heterocycles. The molecule has 0 fully saturated rings. The Morgan fingerprint density at radius 1 is 1.23 bits per heavy atom. The molecule has 72 valence electrons. The maximum Gasteiger partial charge on any atom is 0.0939 e. The van der Waals surface area contributed by atoms with Gasteiger partial charge in [0.1, 0.15) is 0 Å². The van der Waals surface area contributed by atoms with E-state index in [1.807, 2.05) is 0 Å². The summed E-state index contributed by atoms with van der Waals surface area (Å²) in [4.78, 5) is 0. The minimum absolute atomic E-state index is 0.338. The van der Waals surface area contributed by atoms with Crippen LogP contribution in [-0.4, -0.2) is 11.1 Å². The molecule has 1 aromatic rings. The van der Waals surface area contributed by atoms with Crippen molar-refractivity contribution in [2.75, 3.05) is 0 Å². The molecule has 2 nitrogen and oxygen atoms in total. The molecule has 0 unspecified atom stereocenters. The summed E-state index contributed by atoms with van der Waals surface area (Å²) in [7, 11) is 0. The van der Waals surface area contributed by atoms with E-state index in [1.165, 1.54) is 0 Å². The van der Waals surface area contributed by atoms with Crippen LogP contribution in [0.2, 0.25) is 10.0 Å². The first-order valence-electron chi connectivity index (χ1n) is 3.90. The lowest BCUT2D eigenvalue weighted by atomic mass is 10.0. The molecular formula is C9H11Cl2NO. The number of benzene rings is 1. The van der Waals surface area contributed by atoms with Crippen molar-refractivity contribution >= 4 is 23.2 Å². The zero-order chi connectivity index (χ0) is 10.0. The Labute approximate surface area is 87.3 Å². The maximum absolute atomic E-state index is 9.60. The summed E-state index contributed by atoms with van der Waals surface area (Å²) in [6.45, 7) is 1.72. The van der Waals surface area contributed by atoms with Gasteiger partial charge in [0.15, 0.2) is 0 Å². The van der Waals surface area contributed by atoms with Crippen LogP contribution in [-0.2, 0) is 0 Å². The first-order valence-corrected chi connectivity index (χ1v) is 4.66. The van der Waals surface area contributed by atoms with Crippen molar-refractivity contribution in [1.29, 1.82) is 0 Å². The summed E-state index contributed by atoms with van der Waals surface area (Å²) >= 11 is 11.5. The van der Waals surface area contributed by atoms with E-state index in [0.29, 0.717) is 15.6 Å². The smallest absolute Gasteiger partial charge is 0.0939 e. The summed E-state index contributed by atoms with van der Waals surface area (Å²) in [5, 5.41) is 10.6. The molecule has 0 spiro atoms. The predicted octanol–water partition coefficient (Wildman–Crippen LogP) is 2.37. The van der Waals surface area contributed by atoms with E-state index in [-0.39, 0.29) is 6.04 Å². The Kier molecular flexibility index (Phi) is 3.56. The van der Waals surface area contributed by atoms with Crippen LogP contribution in [0, 0.1) is 0 Å². The summed E-state index contributed by atoms with van der Waals surface area (Å²) < 4.78 is 0. The van der Waals surface area contributed by atoms with Crippen molar-refractivity contribution < 1.29 is 5.11 Å². The maximum atomic E-state index is 9.60. The van der Waals surface area contributed by atoms with E-state index in [1.54, 1.807) is 25.1 Å². The average molecular weight is 220 g/mol. The minimum atomic E-state index is -0.726. The number of nitrogens with two attached hydrogens (primary N) is 1. The standard InChI is InChI=1S/C9H11Cl2NO/c1-5(12)9(13)6-2-7(10)4-8(11)3-6/h2-5,9,13H,12H2,1H3/t5-,9-/m0/s1. The van der Waals surface area contributed by atoms with Gasteiger partial charge in [-0.05, 0) is 30.7 Å². The molecular weight excluding hydrogens is 209 g/mol. The quantitative estimate of drug-likeness (QED) is 0.803. The van der Waals surface area contributed by atoms with E-state index >= 15 is 0 Å². The topological polar surface area (TPSA) is 46.2 Å². The molecule has 0 aliphatic heterocycles. The van der Waals surface area contributed by atoms with Crippen LogP contribution in [0.4, 0.5) is 0 Å². The number of hydrogen-bond acceptors (Lipinski definition) is 2. The Hall–Kier alpha value is -0.280. The highest BCUT2D eigenvalue weighted by Gasteiger charge is 2.13. The SMILES string of the molecule is C[C@H](N)[C@H](O)c1cc(Cl)cc(Cl)c1. The van der Waals surface area contributed by atoms with Crippen LogP contribution >= 0.6 is 23.2 Å². The van der Waals surface area contributed by atoms with Crippen LogP contribution in [0.15, 0.2) is 18.2 Å². The van der Waals surface area contributed by atoms with Gasteiger partial charge in [-0.25, -0.2) is 0 Å². The zero-order valence-corrected chi connectivity index (χ0v) is 8.68. The third-order valence-corrected chi connectivity index (χ3v) is 2.16. The van der Waals surface area contributed by atoms with Crippen molar-refractivity contribution in [3.05, 3.63) is 33.8 Å². The van der Waals surface area contributed by atoms with Crippen LogP contribution in [0.25, 0.3) is 0 Å². The zero-order valence-electron chi connectivity index (χ0n) is 7.17. The molecule has 0 amide bonds. The van der Waals surface area contributed by atoms with Gasteiger partial charge in [0.25, 0.3) is 0 Å². The van der Waals surface area contributed by atoms with Crippen LogP contribution in [0.3, 0.4) is 0 Å². The van der Waals surface area contributed by atoms with E-state index in [4.69, 9.17) is 28.9 Å². The highest BCUT2D eigenvalue weighted by molar-refractivity contribution is 6.34. The average Bonchev–Trinajstić information content (AvgIpc) is 2.01. The largest absolute Gasteiger partial charge is 0.387 e. The Bertz CT molecular complexity index is 281. The van der Waals surface area contributed by atoms with Crippen LogP contribution in [0.5, 0.6) is 0 Å². The van der Waals surface area contributed by atoms with Gasteiger partial charge >= 0.3 is 0 Å². The van der Waals surface area contributed by atoms with Gasteiger partial charge in [0, 0.05) is 16.1 Å². The Morgan fingerprint density at radius 3 is 2.08 bits per heavy atom. The van der Waals surface area contributed by atoms with Crippen molar-refractivity contribution in [3.8, 4) is 0 Å². The fourth-order valence-corrected chi connectivity index (χ4v) is 1.59. The normalized spacial score (nSPS) is 15.5. The van der Waals surface area contributed by atoms with Gasteiger partial charge in [-0.15, -0.1) is 0 Å². The van der Waals surface area contributed by atoms with Crippen molar-refractivity contribution in [3.63, 3.8) is 0 Å². The molecule has 0 aliphatic rings. The number of aliphatic hydroxyl groups is 1. The van der Waals surface area contributed by atoms with Gasteiger partial charge in [-0.2, -0.15) is 0 Å². The third-order valence-electron chi connectivity index (χ3n) is 1.72. The number of halogens is 2. The van der Waals surface area contributed by atoms with E-state index in [0.717, 1.165) is 0 Å². The lowest BCUT2D eigenvalue weighted by molar-refractivity contribution is 0.153. The highest BCUT2D eigenvalue weighted by atomic mass is 35.5. The van der Waals surface area contributed by atoms with Crippen molar-refractivity contribution in [1.82, 2.24) is 0 Å². The molecule has 2 atom stereocenters. The molecule has 0 saturated carbocycles. The first kappa shape index (κ1) is 10.8. The van der Waals surface area contributed by atoms with Crippen LogP contribution in [0.1, 0.15) is 18.6 Å². The second kappa shape index (κ2) is 4.29. The molecule has 1 aromatic carbocycles. The third kappa shape index (κ3) is 2.85. The van der Waals surface area contributed by atoms with Crippen molar-refractivity contribution in [2.24, 2.45) is 5.73 Å². The molecule has 4 heteroatoms. The van der Waals surface area contributed by atoms with E-state index in [2.05, 4.69) is 0 Å². The minimum Gasteiger partial charge on any atom is -0.387 e. The Morgan fingerprint density at radius 2 is 1.69 bits per heavy atom. The van der Waals surface area contributed by atoms with Gasteiger partial charge in [-0.3, -0.25) is 0 Å². The summed E-state index contributed by atoms with van der Waals surface area (Å²) in [5.41, 5.74) is 6.18. The fraction of sp³-hybridized carbons (Fsp3) is 0.333. The monoisotopic (exact) mass is 219 g/mol. The number of hydrogen-bond donors (Lipinski definition) is 2. The lowest BCUT2D eigenvalue weighted by Crippen LogP contribution is -2.24. The predicted molar refractivity (Wildman–Crippen MR) is 55.1 cm³/mol. The van der Waals surface area contributed by atoms with Gasteiger partial charge in [-0.1, -0.05) is 23.2 Å². The lowest BCUT2D eigenvalue weighted by Gasteiger charge is -2.15. The molecule has 0 radical (unpaired) electrons. The van der Waals surface area contributed by atoms with E-state index < -0.39 is 6.10 Å². The van der Waals surface area contributed by atoms with Crippen LogP contribution < -0.4 is 5.73 Å². The van der Waals surface area contributed by atoms with Gasteiger partial charge in [0.2, 0.25) is 0 Å². The molecule has 0 saturated heterocycles. The second-order valence-electron chi connectivity index (χ2n) is 3.01. The van der Waals surface area contributed by atoms with Crippen molar-refractivity contribution in [2.45, 2.75) is 19.1 Å². The summed E-state index contributed by atoms with van der Waals surface area (Å²) in [6.07, 6.45) is -0.726. The first-order chi connectivity index (χ1) is 6.00. The number of aliphatic hydroxyl groups excluding tert-OH is 1. The molecule has 1 rings (SSSR count). The van der Waals surface area contributed by atoms with E-state index in [9.17, 15) is 5.11 Å². The molecule has 0 aliphatic carbocycles. The molecule has 3 N–H and O–H groups in total. The molecule has 0 aromatic heterocycles. The summed E-state index contributed by atoms with van der Waals surface area (Å²) in [6, 6.07) is 4.58. The second-order valence-corrected chi connectivity index (χ2v) is 3.88. The highest BCUT2D eigenvalue weighted by Crippen LogP contribution is 2.24. The Balaban J connectivity index is 3.01. The molecule has 0 bridgehead atoms. The fourth-order valence-electron chi connectivity index (χ4n) is 1.05. The summed E-state index contributed by atoms with van der Waals surface area (Å²) in [5.74, 6) is 0.